The molecule has 0 radical (unpaired) electrons. The zero-order valence-corrected chi connectivity index (χ0v) is 11.0. The molecule has 0 aromatic carbocycles. The third-order valence-electron chi connectivity index (χ3n) is 3.81. The molecule has 0 aromatic heterocycles. The summed E-state index contributed by atoms with van der Waals surface area (Å²) < 4.78 is 0. The average Bonchev–Trinajstić information content (AvgIpc) is 2.78. The molecule has 0 spiro atoms. The monoisotopic (exact) mass is 239 g/mol. The van der Waals surface area contributed by atoms with Crippen LogP contribution in [0.4, 0.5) is 0 Å². The van der Waals surface area contributed by atoms with Gasteiger partial charge in [0, 0.05) is 12.1 Å². The first-order valence-corrected chi connectivity index (χ1v) is 6.95. The zero-order chi connectivity index (χ0) is 12.3. The van der Waals surface area contributed by atoms with Gasteiger partial charge in [0.25, 0.3) is 0 Å². The fraction of sp³-hybridized carbons (Fsp3) is 0.923. The van der Waals surface area contributed by atoms with Gasteiger partial charge in [0.2, 0.25) is 5.91 Å². The van der Waals surface area contributed by atoms with Gasteiger partial charge in [-0.2, -0.15) is 0 Å². The number of carbonyl (C=O) groups excluding carboxylic acids is 1. The van der Waals surface area contributed by atoms with E-state index in [9.17, 15) is 4.79 Å². The topological polar surface area (TPSA) is 44.4 Å². The van der Waals surface area contributed by atoms with Crippen molar-refractivity contribution in [1.82, 2.24) is 15.5 Å². The van der Waals surface area contributed by atoms with Crippen LogP contribution in [0.3, 0.4) is 0 Å². The summed E-state index contributed by atoms with van der Waals surface area (Å²) in [5.41, 5.74) is 0. The number of nitrogens with zero attached hydrogens (tertiary/aromatic N) is 1. The Morgan fingerprint density at radius 3 is 2.65 bits per heavy atom. The van der Waals surface area contributed by atoms with Crippen LogP contribution in [-0.4, -0.2) is 48.6 Å². The highest BCUT2D eigenvalue weighted by molar-refractivity contribution is 5.82. The van der Waals surface area contributed by atoms with Gasteiger partial charge in [0.15, 0.2) is 0 Å². The number of rotatable bonds is 3. The minimum atomic E-state index is 0.125. The molecular weight excluding hydrogens is 214 g/mol. The largest absolute Gasteiger partial charge is 0.353 e. The predicted octanol–water partition coefficient (Wildman–Crippen LogP) is 0.727. The minimum Gasteiger partial charge on any atom is -0.353 e. The van der Waals surface area contributed by atoms with Crippen LogP contribution in [0.2, 0.25) is 0 Å². The molecule has 2 N–H and O–H groups in total. The van der Waals surface area contributed by atoms with Crippen molar-refractivity contribution in [3.8, 4) is 0 Å². The van der Waals surface area contributed by atoms with Crippen LogP contribution in [0, 0.1) is 0 Å². The number of amides is 1. The van der Waals surface area contributed by atoms with Crippen molar-refractivity contribution in [3.05, 3.63) is 0 Å². The van der Waals surface area contributed by atoms with Crippen LogP contribution < -0.4 is 10.6 Å². The Balaban J connectivity index is 1.93. The van der Waals surface area contributed by atoms with Gasteiger partial charge in [-0.3, -0.25) is 9.69 Å². The molecule has 0 bridgehead atoms. The highest BCUT2D eigenvalue weighted by Gasteiger charge is 2.35. The second-order valence-corrected chi connectivity index (χ2v) is 5.54. The number of nitrogens with one attached hydrogen (secondary N) is 2. The minimum absolute atomic E-state index is 0.125. The molecular formula is C13H25N3O. The number of hydrogen-bond donors (Lipinski definition) is 2. The molecule has 2 rings (SSSR count). The summed E-state index contributed by atoms with van der Waals surface area (Å²) in [6, 6.07) is 0.986. The lowest BCUT2D eigenvalue weighted by molar-refractivity contribution is -0.126. The summed E-state index contributed by atoms with van der Waals surface area (Å²) in [5.74, 6) is 0.232. The maximum absolute atomic E-state index is 12.1. The van der Waals surface area contributed by atoms with Crippen molar-refractivity contribution in [2.75, 3.05) is 19.6 Å². The highest BCUT2D eigenvalue weighted by Crippen LogP contribution is 2.24. The van der Waals surface area contributed by atoms with Crippen molar-refractivity contribution < 1.29 is 4.79 Å². The van der Waals surface area contributed by atoms with Gasteiger partial charge in [-0.15, -0.1) is 0 Å². The maximum atomic E-state index is 12.1. The number of piperidine rings is 1. The molecule has 1 amide bonds. The molecule has 2 saturated heterocycles. The molecule has 2 fully saturated rings. The molecule has 98 valence electrons. The van der Waals surface area contributed by atoms with Crippen molar-refractivity contribution >= 4 is 5.91 Å². The SMILES string of the molecule is CC(C)NC(=O)C1CCCN1C1CCNCC1. The molecule has 0 aliphatic carbocycles. The van der Waals surface area contributed by atoms with E-state index in [1.54, 1.807) is 0 Å². The Labute approximate surface area is 104 Å². The molecule has 1 atom stereocenters. The third-order valence-corrected chi connectivity index (χ3v) is 3.81. The molecule has 1 unspecified atom stereocenters. The van der Waals surface area contributed by atoms with Crippen LogP contribution in [0.1, 0.15) is 39.5 Å². The first-order valence-electron chi connectivity index (χ1n) is 6.95. The van der Waals surface area contributed by atoms with Gasteiger partial charge in [-0.1, -0.05) is 0 Å². The summed E-state index contributed by atoms with van der Waals surface area (Å²) in [7, 11) is 0. The predicted molar refractivity (Wildman–Crippen MR) is 68.9 cm³/mol. The molecule has 4 nitrogen and oxygen atoms in total. The standard InChI is InChI=1S/C13H25N3O/c1-10(2)15-13(17)12-4-3-9-16(12)11-5-7-14-8-6-11/h10-12,14H,3-9H2,1-2H3,(H,15,17). The van der Waals surface area contributed by atoms with E-state index >= 15 is 0 Å². The van der Waals surface area contributed by atoms with E-state index in [4.69, 9.17) is 0 Å². The average molecular weight is 239 g/mol. The quantitative estimate of drug-likeness (QED) is 0.763. The van der Waals surface area contributed by atoms with Gasteiger partial charge in [0.05, 0.1) is 6.04 Å². The lowest BCUT2D eigenvalue weighted by Crippen LogP contribution is -2.51. The molecule has 2 aliphatic rings. The normalized spacial score (nSPS) is 27.6. The Morgan fingerprint density at radius 2 is 2.00 bits per heavy atom. The van der Waals surface area contributed by atoms with Gasteiger partial charge < -0.3 is 10.6 Å². The summed E-state index contributed by atoms with van der Waals surface area (Å²) in [6.45, 7) is 7.35. The van der Waals surface area contributed by atoms with E-state index in [-0.39, 0.29) is 18.0 Å². The zero-order valence-electron chi connectivity index (χ0n) is 11.0. The number of hydrogen-bond acceptors (Lipinski definition) is 3. The number of likely N-dealkylation sites (tertiary alicyclic amines) is 1. The van der Waals surface area contributed by atoms with Gasteiger partial charge in [0.1, 0.15) is 0 Å². The lowest BCUT2D eigenvalue weighted by Gasteiger charge is -2.35. The Morgan fingerprint density at radius 1 is 1.29 bits per heavy atom. The molecule has 17 heavy (non-hydrogen) atoms. The van der Waals surface area contributed by atoms with E-state index in [1.165, 1.54) is 19.3 Å². The molecule has 2 heterocycles. The van der Waals surface area contributed by atoms with Crippen molar-refractivity contribution in [3.63, 3.8) is 0 Å². The number of carbonyl (C=O) groups is 1. The third kappa shape index (κ3) is 3.19. The highest BCUT2D eigenvalue weighted by atomic mass is 16.2. The van der Waals surface area contributed by atoms with Crippen LogP contribution in [0.25, 0.3) is 0 Å². The Bertz CT molecular complexity index is 261. The smallest absolute Gasteiger partial charge is 0.237 e. The maximum Gasteiger partial charge on any atom is 0.237 e. The molecule has 2 aliphatic heterocycles. The Kier molecular flexibility index (Phi) is 4.40. The molecule has 0 saturated carbocycles. The summed E-state index contributed by atoms with van der Waals surface area (Å²) >= 11 is 0. The van der Waals surface area contributed by atoms with E-state index in [1.807, 2.05) is 13.8 Å². The van der Waals surface area contributed by atoms with E-state index in [0.29, 0.717) is 6.04 Å². The molecule has 4 heteroatoms. The summed E-state index contributed by atoms with van der Waals surface area (Å²) in [4.78, 5) is 14.6. The van der Waals surface area contributed by atoms with Gasteiger partial charge >= 0.3 is 0 Å². The van der Waals surface area contributed by atoms with Crippen molar-refractivity contribution in [2.45, 2.75) is 57.7 Å². The summed E-state index contributed by atoms with van der Waals surface area (Å²) in [6.07, 6.45) is 4.57. The lowest BCUT2D eigenvalue weighted by atomic mass is 10.0. The van der Waals surface area contributed by atoms with E-state index < -0.39 is 0 Å². The second-order valence-electron chi connectivity index (χ2n) is 5.54. The molecule has 0 aromatic rings. The van der Waals surface area contributed by atoms with Crippen LogP contribution >= 0.6 is 0 Å². The van der Waals surface area contributed by atoms with Crippen LogP contribution in [0.5, 0.6) is 0 Å². The Hall–Kier alpha value is -0.610. The van der Waals surface area contributed by atoms with Crippen molar-refractivity contribution in [2.24, 2.45) is 0 Å². The fourth-order valence-electron chi connectivity index (χ4n) is 3.03. The first-order chi connectivity index (χ1) is 8.18. The van der Waals surface area contributed by atoms with Crippen LogP contribution in [0.15, 0.2) is 0 Å². The van der Waals surface area contributed by atoms with Gasteiger partial charge in [-0.05, 0) is 59.2 Å². The van der Waals surface area contributed by atoms with Crippen LogP contribution in [-0.2, 0) is 4.79 Å². The summed E-state index contributed by atoms with van der Waals surface area (Å²) in [5, 5.41) is 6.44. The van der Waals surface area contributed by atoms with E-state index in [0.717, 1.165) is 26.1 Å². The first kappa shape index (κ1) is 12.8. The van der Waals surface area contributed by atoms with E-state index in [2.05, 4.69) is 15.5 Å². The second kappa shape index (κ2) is 5.83. The van der Waals surface area contributed by atoms with Crippen molar-refractivity contribution in [1.29, 1.82) is 0 Å². The van der Waals surface area contributed by atoms with Gasteiger partial charge in [-0.25, -0.2) is 0 Å². The fourth-order valence-corrected chi connectivity index (χ4v) is 3.03.